The lowest BCUT2D eigenvalue weighted by Gasteiger charge is -2.22. The molecule has 0 saturated heterocycles. The van der Waals surface area contributed by atoms with Crippen molar-refractivity contribution in [1.82, 2.24) is 0 Å². The minimum atomic E-state index is -0.886. The highest BCUT2D eigenvalue weighted by Gasteiger charge is 2.32. The van der Waals surface area contributed by atoms with Crippen molar-refractivity contribution in [3.05, 3.63) is 58.3 Å². The normalized spacial score (nSPS) is 14.0. The Morgan fingerprint density at radius 2 is 1.85 bits per heavy atom. The first kappa shape index (κ1) is 14.8. The third-order valence-electron chi connectivity index (χ3n) is 2.91. The highest BCUT2D eigenvalue weighted by Crippen LogP contribution is 2.34. The maximum Gasteiger partial charge on any atom is 0.316 e. The van der Waals surface area contributed by atoms with Gasteiger partial charge in [-0.15, -0.1) is 11.3 Å². The zero-order chi connectivity index (χ0) is 14.5. The number of thiophene rings is 1. The summed E-state index contributed by atoms with van der Waals surface area (Å²) in [4.78, 5) is 13.1. The predicted octanol–water partition coefficient (Wildman–Crippen LogP) is 3.52. The van der Waals surface area contributed by atoms with Crippen molar-refractivity contribution in [1.29, 1.82) is 0 Å². The van der Waals surface area contributed by atoms with Crippen LogP contribution in [0.25, 0.3) is 0 Å². The monoisotopic (exact) mass is 290 g/mol. The molecule has 0 radical (unpaired) electrons. The van der Waals surface area contributed by atoms with Gasteiger partial charge in [0.25, 0.3) is 0 Å². The molecule has 0 fully saturated rings. The summed E-state index contributed by atoms with van der Waals surface area (Å²) in [5.74, 6) is -1.09. The number of aliphatic hydroxyl groups excluding tert-OH is 1. The number of carbonyl (C=O) groups is 1. The second kappa shape index (κ2) is 6.68. The molecule has 2 rings (SSSR count). The first-order chi connectivity index (χ1) is 9.59. The Kier molecular flexibility index (Phi) is 4.93. The van der Waals surface area contributed by atoms with E-state index >= 15 is 0 Å². The number of hydrogen-bond acceptors (Lipinski definition) is 4. The fraction of sp³-hybridized carbons (Fsp3) is 0.312. The molecule has 106 valence electrons. The fourth-order valence-corrected chi connectivity index (χ4v) is 2.78. The van der Waals surface area contributed by atoms with Gasteiger partial charge in [-0.25, -0.2) is 0 Å². The zero-order valence-electron chi connectivity index (χ0n) is 11.5. The third kappa shape index (κ3) is 3.46. The van der Waals surface area contributed by atoms with Gasteiger partial charge in [0, 0.05) is 4.88 Å². The summed E-state index contributed by atoms with van der Waals surface area (Å²) in [5.41, 5.74) is 0.763. The molecule has 1 N–H and O–H groups in total. The molecule has 0 unspecified atom stereocenters. The van der Waals surface area contributed by atoms with Crippen LogP contribution in [0.5, 0.6) is 0 Å². The highest BCUT2D eigenvalue weighted by molar-refractivity contribution is 7.10. The van der Waals surface area contributed by atoms with Gasteiger partial charge in [-0.1, -0.05) is 36.4 Å². The fourth-order valence-electron chi connectivity index (χ4n) is 2.04. The minimum Gasteiger partial charge on any atom is -0.462 e. The van der Waals surface area contributed by atoms with Gasteiger partial charge in [-0.05, 0) is 30.9 Å². The highest BCUT2D eigenvalue weighted by atomic mass is 32.1. The Balaban J connectivity index is 2.31. The van der Waals surface area contributed by atoms with Gasteiger partial charge in [0.15, 0.2) is 0 Å². The Morgan fingerprint density at radius 3 is 2.40 bits per heavy atom. The number of aliphatic hydroxyl groups is 1. The summed E-state index contributed by atoms with van der Waals surface area (Å²) in [6.45, 7) is 3.61. The smallest absolute Gasteiger partial charge is 0.316 e. The first-order valence-electron chi connectivity index (χ1n) is 6.56. The van der Waals surface area contributed by atoms with E-state index in [0.29, 0.717) is 0 Å². The lowest BCUT2D eigenvalue weighted by atomic mass is 9.92. The zero-order valence-corrected chi connectivity index (χ0v) is 12.3. The van der Waals surface area contributed by atoms with E-state index in [4.69, 9.17) is 4.74 Å². The molecule has 1 aromatic carbocycles. The van der Waals surface area contributed by atoms with Crippen LogP contribution in [0.15, 0.2) is 47.8 Å². The molecule has 2 atom stereocenters. The van der Waals surface area contributed by atoms with Gasteiger partial charge in [-0.2, -0.15) is 0 Å². The Hall–Kier alpha value is -1.65. The maximum absolute atomic E-state index is 12.3. The number of benzene rings is 1. The molecule has 0 saturated carbocycles. The molecule has 0 aliphatic heterocycles. The van der Waals surface area contributed by atoms with E-state index in [1.165, 1.54) is 11.3 Å². The van der Waals surface area contributed by atoms with Crippen molar-refractivity contribution in [3.63, 3.8) is 0 Å². The van der Waals surface area contributed by atoms with Gasteiger partial charge >= 0.3 is 5.97 Å². The molecule has 2 aromatic rings. The van der Waals surface area contributed by atoms with Gasteiger partial charge in [-0.3, -0.25) is 4.79 Å². The summed E-state index contributed by atoms with van der Waals surface area (Å²) in [5, 5.41) is 12.4. The SMILES string of the molecule is CC(C)OC(=O)[C@@H](c1ccccc1)[C@@H](O)c1cccs1. The molecule has 0 aliphatic rings. The number of ether oxygens (including phenoxy) is 1. The predicted molar refractivity (Wildman–Crippen MR) is 79.7 cm³/mol. The van der Waals surface area contributed by atoms with E-state index in [-0.39, 0.29) is 6.10 Å². The molecular formula is C16H18O3S. The second-order valence-electron chi connectivity index (χ2n) is 4.83. The molecule has 3 nitrogen and oxygen atoms in total. The summed E-state index contributed by atoms with van der Waals surface area (Å²) in [6.07, 6.45) is -1.09. The van der Waals surface area contributed by atoms with Crippen LogP contribution in [0.3, 0.4) is 0 Å². The van der Waals surface area contributed by atoms with Crippen LogP contribution in [0.1, 0.15) is 36.3 Å². The average Bonchev–Trinajstić information content (AvgIpc) is 2.93. The van der Waals surface area contributed by atoms with E-state index in [1.54, 1.807) is 13.8 Å². The standard InChI is InChI=1S/C16H18O3S/c1-11(2)19-16(18)14(12-7-4-3-5-8-12)15(17)13-9-6-10-20-13/h3-11,14-15,17H,1-2H3/t14-,15-/m0/s1. The molecule has 4 heteroatoms. The number of carbonyl (C=O) groups excluding carboxylic acids is 1. The van der Waals surface area contributed by atoms with E-state index in [2.05, 4.69) is 0 Å². The molecule has 0 spiro atoms. The van der Waals surface area contributed by atoms with Crippen LogP contribution >= 0.6 is 11.3 Å². The van der Waals surface area contributed by atoms with Crippen molar-refractivity contribution >= 4 is 17.3 Å². The minimum absolute atomic E-state index is 0.204. The topological polar surface area (TPSA) is 46.5 Å². The van der Waals surface area contributed by atoms with Crippen LogP contribution in [0, 0.1) is 0 Å². The van der Waals surface area contributed by atoms with Gasteiger partial charge in [0.2, 0.25) is 0 Å². The van der Waals surface area contributed by atoms with Crippen molar-refractivity contribution in [2.75, 3.05) is 0 Å². The first-order valence-corrected chi connectivity index (χ1v) is 7.44. The molecule has 1 aromatic heterocycles. The van der Waals surface area contributed by atoms with Crippen LogP contribution in [0.4, 0.5) is 0 Å². The van der Waals surface area contributed by atoms with Crippen LogP contribution in [0.2, 0.25) is 0 Å². The Labute approximate surface area is 122 Å². The number of rotatable bonds is 5. The number of hydrogen-bond donors (Lipinski definition) is 1. The average molecular weight is 290 g/mol. The number of esters is 1. The second-order valence-corrected chi connectivity index (χ2v) is 5.81. The molecule has 20 heavy (non-hydrogen) atoms. The maximum atomic E-state index is 12.3. The third-order valence-corrected chi connectivity index (χ3v) is 3.86. The van der Waals surface area contributed by atoms with Crippen LogP contribution in [-0.2, 0) is 9.53 Å². The summed E-state index contributed by atoms with van der Waals surface area (Å²) in [7, 11) is 0. The van der Waals surface area contributed by atoms with Gasteiger partial charge < -0.3 is 9.84 Å². The van der Waals surface area contributed by atoms with E-state index in [9.17, 15) is 9.90 Å². The Morgan fingerprint density at radius 1 is 1.15 bits per heavy atom. The Bertz CT molecular complexity index is 534. The molecule has 0 amide bonds. The van der Waals surface area contributed by atoms with Crippen molar-refractivity contribution in [2.24, 2.45) is 0 Å². The largest absolute Gasteiger partial charge is 0.462 e. The van der Waals surface area contributed by atoms with Crippen LogP contribution < -0.4 is 0 Å². The summed E-state index contributed by atoms with van der Waals surface area (Å²) < 4.78 is 5.29. The van der Waals surface area contributed by atoms with E-state index < -0.39 is 18.0 Å². The van der Waals surface area contributed by atoms with Gasteiger partial charge in [0.1, 0.15) is 12.0 Å². The van der Waals surface area contributed by atoms with Crippen molar-refractivity contribution in [2.45, 2.75) is 32.0 Å². The van der Waals surface area contributed by atoms with Crippen molar-refractivity contribution in [3.8, 4) is 0 Å². The summed E-state index contributed by atoms with van der Waals surface area (Å²) >= 11 is 1.43. The van der Waals surface area contributed by atoms with Gasteiger partial charge in [0.05, 0.1) is 6.10 Å². The quantitative estimate of drug-likeness (QED) is 0.857. The van der Waals surface area contributed by atoms with E-state index in [1.807, 2.05) is 47.8 Å². The molecular weight excluding hydrogens is 272 g/mol. The summed E-state index contributed by atoms with van der Waals surface area (Å²) in [6, 6.07) is 12.9. The van der Waals surface area contributed by atoms with Crippen LogP contribution in [-0.4, -0.2) is 17.2 Å². The lowest BCUT2D eigenvalue weighted by Crippen LogP contribution is -2.24. The molecule has 0 bridgehead atoms. The lowest BCUT2D eigenvalue weighted by molar-refractivity contribution is -0.152. The molecule has 1 heterocycles. The van der Waals surface area contributed by atoms with E-state index in [0.717, 1.165) is 10.4 Å². The molecule has 0 aliphatic carbocycles. The van der Waals surface area contributed by atoms with Crippen molar-refractivity contribution < 1.29 is 14.6 Å².